The van der Waals surface area contributed by atoms with Gasteiger partial charge in [-0.25, -0.2) is 4.98 Å². The van der Waals surface area contributed by atoms with Gasteiger partial charge in [0, 0.05) is 12.2 Å². The molecular weight excluding hydrogens is 254 g/mol. The monoisotopic (exact) mass is 267 g/mol. The van der Waals surface area contributed by atoms with Crippen LogP contribution in [-0.2, 0) is 0 Å². The largest absolute Gasteiger partial charge is 0.293 e. The molecule has 17 heavy (non-hydrogen) atoms. The Morgan fingerprint density at radius 3 is 3.12 bits per heavy atom. The summed E-state index contributed by atoms with van der Waals surface area (Å²) in [5.74, 6) is 1.92. The molecule has 0 radical (unpaired) electrons. The lowest BCUT2D eigenvalue weighted by molar-refractivity contribution is 0.0986. The molecule has 90 valence electrons. The lowest BCUT2D eigenvalue weighted by atomic mass is 10.2. The van der Waals surface area contributed by atoms with Gasteiger partial charge in [0.2, 0.25) is 5.16 Å². The summed E-state index contributed by atoms with van der Waals surface area (Å²) >= 11 is 3.08. The zero-order chi connectivity index (χ0) is 12.1. The maximum atomic E-state index is 11.7. The number of thioether (sulfide) groups is 1. The van der Waals surface area contributed by atoms with Crippen LogP contribution in [0.4, 0.5) is 0 Å². The van der Waals surface area contributed by atoms with E-state index in [-0.39, 0.29) is 5.78 Å². The van der Waals surface area contributed by atoms with E-state index in [4.69, 9.17) is 0 Å². The predicted octanol–water partition coefficient (Wildman–Crippen LogP) is 2.93. The molecule has 0 aliphatic carbocycles. The summed E-state index contributed by atoms with van der Waals surface area (Å²) < 4.78 is 0. The molecule has 0 aliphatic heterocycles. The predicted molar refractivity (Wildman–Crippen MR) is 69.7 cm³/mol. The van der Waals surface area contributed by atoms with Crippen molar-refractivity contribution in [1.82, 2.24) is 15.2 Å². The number of nitrogens with one attached hydrogen (secondary N) is 1. The van der Waals surface area contributed by atoms with Crippen molar-refractivity contribution in [2.45, 2.75) is 24.9 Å². The standard InChI is InChI=1S/C11H13N3OS2/c1-8-12-11(14-13-8)17-7-2-4-9(15)10-5-3-6-16-10/h3,5-6H,2,4,7H2,1H3,(H,12,13,14). The summed E-state index contributed by atoms with van der Waals surface area (Å²) in [7, 11) is 0. The van der Waals surface area contributed by atoms with Crippen LogP contribution in [0.2, 0.25) is 0 Å². The highest BCUT2D eigenvalue weighted by Gasteiger charge is 2.07. The summed E-state index contributed by atoms with van der Waals surface area (Å²) in [5.41, 5.74) is 0. The molecule has 0 fully saturated rings. The van der Waals surface area contributed by atoms with Gasteiger partial charge in [0.05, 0.1) is 4.88 Å². The van der Waals surface area contributed by atoms with Crippen LogP contribution in [0.1, 0.15) is 28.3 Å². The van der Waals surface area contributed by atoms with E-state index in [2.05, 4.69) is 15.2 Å². The first-order valence-electron chi connectivity index (χ1n) is 5.34. The number of thiophene rings is 1. The highest BCUT2D eigenvalue weighted by Crippen LogP contribution is 2.17. The van der Waals surface area contributed by atoms with Crippen LogP contribution in [-0.4, -0.2) is 26.7 Å². The molecule has 0 aliphatic rings. The molecule has 2 aromatic heterocycles. The van der Waals surface area contributed by atoms with Gasteiger partial charge in [0.25, 0.3) is 0 Å². The second kappa shape index (κ2) is 5.97. The highest BCUT2D eigenvalue weighted by atomic mass is 32.2. The first kappa shape index (κ1) is 12.3. The molecule has 6 heteroatoms. The van der Waals surface area contributed by atoms with Gasteiger partial charge in [-0.2, -0.15) is 0 Å². The summed E-state index contributed by atoms with van der Waals surface area (Å²) in [6.07, 6.45) is 1.45. The number of aryl methyl sites for hydroxylation is 1. The molecule has 0 bridgehead atoms. The normalized spacial score (nSPS) is 10.6. The quantitative estimate of drug-likeness (QED) is 0.496. The first-order chi connectivity index (χ1) is 8.25. The number of nitrogens with zero attached hydrogens (tertiary/aromatic N) is 2. The maximum absolute atomic E-state index is 11.7. The fraction of sp³-hybridized carbons (Fsp3) is 0.364. The minimum absolute atomic E-state index is 0.228. The van der Waals surface area contributed by atoms with Gasteiger partial charge >= 0.3 is 0 Å². The third kappa shape index (κ3) is 3.67. The number of hydrogen-bond acceptors (Lipinski definition) is 5. The minimum Gasteiger partial charge on any atom is -0.293 e. The summed E-state index contributed by atoms with van der Waals surface area (Å²) in [4.78, 5) is 16.7. The Morgan fingerprint density at radius 2 is 2.47 bits per heavy atom. The fourth-order valence-electron chi connectivity index (χ4n) is 1.34. The average Bonchev–Trinajstić information content (AvgIpc) is 2.95. The summed E-state index contributed by atoms with van der Waals surface area (Å²) in [6, 6.07) is 3.78. The molecule has 4 nitrogen and oxygen atoms in total. The first-order valence-corrected chi connectivity index (χ1v) is 7.21. The Labute approximate surface area is 108 Å². The van der Waals surface area contributed by atoms with Gasteiger partial charge < -0.3 is 0 Å². The van der Waals surface area contributed by atoms with Crippen LogP contribution in [0, 0.1) is 6.92 Å². The Bertz CT molecular complexity index is 479. The van der Waals surface area contributed by atoms with Gasteiger partial charge in [-0.3, -0.25) is 9.89 Å². The highest BCUT2D eigenvalue weighted by molar-refractivity contribution is 7.99. The van der Waals surface area contributed by atoms with Crippen LogP contribution in [0.5, 0.6) is 0 Å². The Kier molecular flexibility index (Phi) is 4.33. The second-order valence-electron chi connectivity index (χ2n) is 3.56. The third-order valence-electron chi connectivity index (χ3n) is 2.15. The van der Waals surface area contributed by atoms with Gasteiger partial charge in [-0.05, 0) is 24.8 Å². The number of Topliss-reactive ketones (excluding diaryl/α,β-unsaturated/α-hetero) is 1. The van der Waals surface area contributed by atoms with Crippen molar-refractivity contribution >= 4 is 28.9 Å². The SMILES string of the molecule is Cc1nc(SCCCC(=O)c2cccs2)n[nH]1. The van der Waals surface area contributed by atoms with E-state index in [1.807, 2.05) is 24.4 Å². The van der Waals surface area contributed by atoms with Crippen LogP contribution < -0.4 is 0 Å². The van der Waals surface area contributed by atoms with Crippen molar-refractivity contribution in [3.8, 4) is 0 Å². The van der Waals surface area contributed by atoms with Gasteiger partial charge in [-0.1, -0.05) is 17.8 Å². The number of H-pyrrole nitrogens is 1. The molecule has 0 saturated heterocycles. The number of aromatic nitrogens is 3. The molecule has 0 atom stereocenters. The molecule has 2 aromatic rings. The average molecular weight is 267 g/mol. The number of aromatic amines is 1. The van der Waals surface area contributed by atoms with Gasteiger partial charge in [-0.15, -0.1) is 16.4 Å². The van der Waals surface area contributed by atoms with E-state index in [1.54, 1.807) is 11.8 Å². The van der Waals surface area contributed by atoms with Crippen molar-refractivity contribution in [1.29, 1.82) is 0 Å². The van der Waals surface area contributed by atoms with Crippen molar-refractivity contribution < 1.29 is 4.79 Å². The lowest BCUT2D eigenvalue weighted by Crippen LogP contribution is -1.96. The van der Waals surface area contributed by atoms with Crippen molar-refractivity contribution in [2.75, 3.05) is 5.75 Å². The van der Waals surface area contributed by atoms with E-state index in [9.17, 15) is 4.79 Å². The Hall–Kier alpha value is -1.14. The van der Waals surface area contributed by atoms with E-state index < -0.39 is 0 Å². The molecule has 2 rings (SSSR count). The van der Waals surface area contributed by atoms with Crippen LogP contribution in [0.3, 0.4) is 0 Å². The van der Waals surface area contributed by atoms with E-state index in [0.717, 1.165) is 28.0 Å². The zero-order valence-electron chi connectivity index (χ0n) is 9.47. The summed E-state index contributed by atoms with van der Waals surface area (Å²) in [5, 5.41) is 9.50. The third-order valence-corrected chi connectivity index (χ3v) is 4.00. The minimum atomic E-state index is 0.228. The second-order valence-corrected chi connectivity index (χ2v) is 5.57. The van der Waals surface area contributed by atoms with E-state index in [1.165, 1.54) is 11.3 Å². The van der Waals surface area contributed by atoms with Crippen molar-refractivity contribution in [3.63, 3.8) is 0 Å². The molecule has 2 heterocycles. The summed E-state index contributed by atoms with van der Waals surface area (Å²) in [6.45, 7) is 1.87. The lowest BCUT2D eigenvalue weighted by Gasteiger charge is -1.97. The number of carbonyl (C=O) groups is 1. The molecule has 0 aromatic carbocycles. The fourth-order valence-corrected chi connectivity index (χ4v) is 2.82. The van der Waals surface area contributed by atoms with Gasteiger partial charge in [0.1, 0.15) is 5.82 Å². The molecule has 0 spiro atoms. The molecule has 1 N–H and O–H groups in total. The van der Waals surface area contributed by atoms with Crippen LogP contribution >= 0.6 is 23.1 Å². The van der Waals surface area contributed by atoms with Crippen molar-refractivity contribution in [3.05, 3.63) is 28.2 Å². The number of carbonyl (C=O) groups excluding carboxylic acids is 1. The Balaban J connectivity index is 1.68. The zero-order valence-corrected chi connectivity index (χ0v) is 11.1. The van der Waals surface area contributed by atoms with Crippen LogP contribution in [0.15, 0.2) is 22.7 Å². The van der Waals surface area contributed by atoms with E-state index in [0.29, 0.717) is 6.42 Å². The Morgan fingerprint density at radius 1 is 1.59 bits per heavy atom. The molecular formula is C11H13N3OS2. The van der Waals surface area contributed by atoms with Gasteiger partial charge in [0.15, 0.2) is 5.78 Å². The smallest absolute Gasteiger partial charge is 0.208 e. The number of rotatable bonds is 6. The number of ketones is 1. The van der Waals surface area contributed by atoms with Crippen LogP contribution in [0.25, 0.3) is 0 Å². The molecule has 0 unspecified atom stereocenters. The topological polar surface area (TPSA) is 58.6 Å². The molecule has 0 saturated carbocycles. The maximum Gasteiger partial charge on any atom is 0.208 e. The van der Waals surface area contributed by atoms with Crippen molar-refractivity contribution in [2.24, 2.45) is 0 Å². The molecule has 0 amide bonds. The number of hydrogen-bond donors (Lipinski definition) is 1. The van der Waals surface area contributed by atoms with E-state index >= 15 is 0 Å².